The third-order valence-corrected chi connectivity index (χ3v) is 7.57. The zero-order chi connectivity index (χ0) is 25.3. The van der Waals surface area contributed by atoms with Gasteiger partial charge < -0.3 is 5.32 Å². The van der Waals surface area contributed by atoms with Crippen molar-refractivity contribution in [1.82, 2.24) is 5.32 Å². The Balaban J connectivity index is 3.05. The van der Waals surface area contributed by atoms with Gasteiger partial charge in [-0.05, 0) is 51.6 Å². The van der Waals surface area contributed by atoms with E-state index in [1.165, 1.54) is 193 Å². The van der Waals surface area contributed by atoms with Crippen LogP contribution in [0.5, 0.6) is 0 Å². The van der Waals surface area contributed by atoms with E-state index in [9.17, 15) is 0 Å². The fourth-order valence-electron chi connectivity index (χ4n) is 5.07. The van der Waals surface area contributed by atoms with Gasteiger partial charge in [-0.15, -0.1) is 0 Å². The first-order valence-corrected chi connectivity index (χ1v) is 16.8. The Morgan fingerprint density at radius 1 is 0.314 bits per heavy atom. The summed E-state index contributed by atoms with van der Waals surface area (Å²) >= 11 is 0. The van der Waals surface area contributed by atoms with Gasteiger partial charge in [0.05, 0.1) is 0 Å². The van der Waals surface area contributed by atoms with Crippen LogP contribution in [0.15, 0.2) is 12.2 Å². The van der Waals surface area contributed by atoms with Gasteiger partial charge in [-0.25, -0.2) is 0 Å². The molecule has 0 spiro atoms. The second-order valence-corrected chi connectivity index (χ2v) is 11.3. The Kier molecular flexibility index (Phi) is 33.4. The van der Waals surface area contributed by atoms with Crippen LogP contribution in [0.25, 0.3) is 0 Å². The molecule has 0 bridgehead atoms. The molecule has 0 aromatic rings. The summed E-state index contributed by atoms with van der Waals surface area (Å²) in [5.41, 5.74) is 0. The van der Waals surface area contributed by atoms with Crippen molar-refractivity contribution in [3.63, 3.8) is 0 Å². The van der Waals surface area contributed by atoms with Crippen LogP contribution >= 0.6 is 0 Å². The van der Waals surface area contributed by atoms with E-state index in [-0.39, 0.29) is 0 Å². The van der Waals surface area contributed by atoms with Gasteiger partial charge >= 0.3 is 0 Å². The zero-order valence-corrected chi connectivity index (χ0v) is 24.9. The van der Waals surface area contributed by atoms with Crippen LogP contribution in [-0.4, -0.2) is 13.1 Å². The number of hydrogen-bond acceptors (Lipinski definition) is 1. The minimum atomic E-state index is 1.24. The molecular weight excluding hydrogens is 422 g/mol. The van der Waals surface area contributed by atoms with E-state index in [0.717, 1.165) is 0 Å². The number of allylic oxidation sites excluding steroid dienone is 2. The van der Waals surface area contributed by atoms with E-state index < -0.39 is 0 Å². The van der Waals surface area contributed by atoms with Crippen LogP contribution in [0.2, 0.25) is 0 Å². The maximum atomic E-state index is 3.67. The molecular formula is C34H69N. The molecule has 0 saturated heterocycles. The van der Waals surface area contributed by atoms with Gasteiger partial charge in [0.2, 0.25) is 0 Å². The van der Waals surface area contributed by atoms with Gasteiger partial charge in [0, 0.05) is 0 Å². The number of nitrogens with one attached hydrogen (secondary N) is 1. The molecule has 0 aliphatic carbocycles. The molecule has 0 radical (unpaired) electrons. The summed E-state index contributed by atoms with van der Waals surface area (Å²) in [5, 5.41) is 3.67. The molecule has 210 valence electrons. The monoisotopic (exact) mass is 492 g/mol. The summed E-state index contributed by atoms with van der Waals surface area (Å²) in [7, 11) is 0. The molecule has 1 heteroatoms. The van der Waals surface area contributed by atoms with Crippen LogP contribution in [0, 0.1) is 0 Å². The van der Waals surface area contributed by atoms with Gasteiger partial charge in [-0.2, -0.15) is 0 Å². The van der Waals surface area contributed by atoms with E-state index >= 15 is 0 Å². The third kappa shape index (κ3) is 33.7. The van der Waals surface area contributed by atoms with Crippen molar-refractivity contribution in [1.29, 1.82) is 0 Å². The lowest BCUT2D eigenvalue weighted by molar-refractivity contribution is 0.523. The van der Waals surface area contributed by atoms with Crippen molar-refractivity contribution in [2.45, 2.75) is 194 Å². The van der Waals surface area contributed by atoms with Gasteiger partial charge in [0.25, 0.3) is 0 Å². The largest absolute Gasteiger partial charge is 0.317 e. The summed E-state index contributed by atoms with van der Waals surface area (Å²) in [6.45, 7) is 7.07. The summed E-state index contributed by atoms with van der Waals surface area (Å²) in [5.74, 6) is 0. The molecule has 0 atom stereocenters. The standard InChI is InChI=1S/C34H69N/c1-3-5-7-9-11-13-15-17-19-20-22-24-26-28-30-32-34-35-33-31-29-27-25-23-21-18-16-14-12-10-8-6-4-2/h17,19,35H,3-16,18,20-34H2,1-2H3/b19-17+. The fraction of sp³-hybridized carbons (Fsp3) is 0.941. The highest BCUT2D eigenvalue weighted by Gasteiger charge is 1.95. The second kappa shape index (κ2) is 33.7. The highest BCUT2D eigenvalue weighted by molar-refractivity contribution is 4.81. The first kappa shape index (κ1) is 34.7. The van der Waals surface area contributed by atoms with Crippen molar-refractivity contribution in [3.8, 4) is 0 Å². The summed E-state index contributed by atoms with van der Waals surface area (Å²) in [6, 6.07) is 0. The Bertz CT molecular complexity index is 375. The van der Waals surface area contributed by atoms with Gasteiger partial charge in [-0.3, -0.25) is 0 Å². The molecule has 0 saturated carbocycles. The highest BCUT2D eigenvalue weighted by Crippen LogP contribution is 2.13. The van der Waals surface area contributed by atoms with Crippen LogP contribution < -0.4 is 5.32 Å². The molecule has 0 unspecified atom stereocenters. The summed E-state index contributed by atoms with van der Waals surface area (Å²) < 4.78 is 0. The molecule has 0 aromatic heterocycles. The van der Waals surface area contributed by atoms with Crippen LogP contribution in [0.4, 0.5) is 0 Å². The molecule has 0 aromatic carbocycles. The van der Waals surface area contributed by atoms with Crippen molar-refractivity contribution in [2.75, 3.05) is 13.1 Å². The van der Waals surface area contributed by atoms with Crippen molar-refractivity contribution in [2.24, 2.45) is 0 Å². The lowest BCUT2D eigenvalue weighted by atomic mass is 10.0. The molecule has 1 N–H and O–H groups in total. The number of rotatable bonds is 31. The SMILES string of the molecule is CCCCCCCC/C=C/CCCCCCCCNCCCCCCCCCCCCCCCC. The normalized spacial score (nSPS) is 11.7. The molecule has 0 aliphatic heterocycles. The fourth-order valence-corrected chi connectivity index (χ4v) is 5.07. The van der Waals surface area contributed by atoms with Gasteiger partial charge in [0.15, 0.2) is 0 Å². The lowest BCUT2D eigenvalue weighted by Crippen LogP contribution is -2.16. The van der Waals surface area contributed by atoms with E-state index in [2.05, 4.69) is 31.3 Å². The van der Waals surface area contributed by atoms with E-state index in [1.807, 2.05) is 0 Å². The Morgan fingerprint density at radius 2 is 0.571 bits per heavy atom. The molecule has 0 aliphatic rings. The summed E-state index contributed by atoms with van der Waals surface area (Å²) in [4.78, 5) is 0. The maximum Gasteiger partial charge on any atom is -0.00489 e. The van der Waals surface area contributed by atoms with E-state index in [4.69, 9.17) is 0 Å². The average Bonchev–Trinajstić information content (AvgIpc) is 2.87. The summed E-state index contributed by atoms with van der Waals surface area (Å²) in [6.07, 6.45) is 44.8. The van der Waals surface area contributed by atoms with Crippen LogP contribution in [0.1, 0.15) is 194 Å². The zero-order valence-electron chi connectivity index (χ0n) is 24.9. The maximum absolute atomic E-state index is 3.67. The van der Waals surface area contributed by atoms with Crippen molar-refractivity contribution >= 4 is 0 Å². The van der Waals surface area contributed by atoms with Gasteiger partial charge in [0.1, 0.15) is 0 Å². The minimum absolute atomic E-state index is 1.24. The molecule has 0 fully saturated rings. The Hall–Kier alpha value is -0.300. The number of hydrogen-bond donors (Lipinski definition) is 1. The quantitative estimate of drug-likeness (QED) is 0.0750. The molecule has 35 heavy (non-hydrogen) atoms. The topological polar surface area (TPSA) is 12.0 Å². The highest BCUT2D eigenvalue weighted by atomic mass is 14.8. The predicted molar refractivity (Wildman–Crippen MR) is 163 cm³/mol. The molecule has 1 nitrogen and oxygen atoms in total. The first-order chi connectivity index (χ1) is 17.4. The smallest absolute Gasteiger partial charge is 0.00489 e. The van der Waals surface area contributed by atoms with E-state index in [0.29, 0.717) is 0 Å². The minimum Gasteiger partial charge on any atom is -0.317 e. The second-order valence-electron chi connectivity index (χ2n) is 11.3. The number of unbranched alkanes of at least 4 members (excludes halogenated alkanes) is 25. The average molecular weight is 492 g/mol. The Morgan fingerprint density at radius 3 is 0.886 bits per heavy atom. The molecule has 0 rings (SSSR count). The molecule has 0 amide bonds. The van der Waals surface area contributed by atoms with E-state index in [1.54, 1.807) is 0 Å². The van der Waals surface area contributed by atoms with Crippen molar-refractivity contribution < 1.29 is 0 Å². The molecule has 0 heterocycles. The van der Waals surface area contributed by atoms with Crippen LogP contribution in [0.3, 0.4) is 0 Å². The predicted octanol–water partition coefficient (Wildman–Crippen LogP) is 12.1. The van der Waals surface area contributed by atoms with Crippen molar-refractivity contribution in [3.05, 3.63) is 12.2 Å². The third-order valence-electron chi connectivity index (χ3n) is 7.57. The van der Waals surface area contributed by atoms with Crippen LogP contribution in [-0.2, 0) is 0 Å². The van der Waals surface area contributed by atoms with Gasteiger partial charge in [-0.1, -0.05) is 167 Å². The lowest BCUT2D eigenvalue weighted by Gasteiger charge is -2.05. The Labute approximate surface area is 224 Å². The first-order valence-electron chi connectivity index (χ1n) is 16.8.